The average Bonchev–Trinajstić information content (AvgIpc) is 3.37. The zero-order valence-corrected chi connectivity index (χ0v) is 18.3. The molecule has 3 rings (SSSR count). The van der Waals surface area contributed by atoms with Crippen LogP contribution in [0.5, 0.6) is 5.75 Å². The number of thioether (sulfide) groups is 1. The fraction of sp³-hybridized carbons (Fsp3) is 0.368. The normalized spacial score (nSPS) is 12.2. The summed E-state index contributed by atoms with van der Waals surface area (Å²) in [5.41, 5.74) is 1.76. The molecule has 29 heavy (non-hydrogen) atoms. The minimum absolute atomic E-state index is 0.0670. The Morgan fingerprint density at radius 2 is 2.07 bits per heavy atom. The van der Waals surface area contributed by atoms with Gasteiger partial charge in [0.1, 0.15) is 5.75 Å². The fourth-order valence-electron chi connectivity index (χ4n) is 2.68. The second-order valence-electron chi connectivity index (χ2n) is 6.40. The number of benzene rings is 1. The summed E-state index contributed by atoms with van der Waals surface area (Å²) in [7, 11) is 5.56. The summed E-state index contributed by atoms with van der Waals surface area (Å²) < 4.78 is 10.8. The number of rotatable bonds is 9. The topological polar surface area (TPSA) is 93.4 Å². The average molecular weight is 434 g/mol. The third-order valence-corrected chi connectivity index (χ3v) is 5.76. The van der Waals surface area contributed by atoms with E-state index in [2.05, 4.69) is 27.4 Å². The number of carbonyl (C=O) groups is 1. The first kappa shape index (κ1) is 21.3. The Morgan fingerprint density at radius 1 is 1.31 bits per heavy atom. The lowest BCUT2D eigenvalue weighted by Gasteiger charge is -2.18. The quantitative estimate of drug-likeness (QED) is 0.507. The number of methoxy groups -OCH3 is 1. The van der Waals surface area contributed by atoms with Gasteiger partial charge < -0.3 is 14.5 Å². The first-order valence-corrected chi connectivity index (χ1v) is 10.9. The molecule has 0 aliphatic rings. The summed E-state index contributed by atoms with van der Waals surface area (Å²) in [5, 5.41) is 13.8. The van der Waals surface area contributed by atoms with Gasteiger partial charge in [-0.25, -0.2) is 4.98 Å². The molecule has 0 radical (unpaired) electrons. The molecule has 0 saturated carbocycles. The fourth-order valence-corrected chi connectivity index (χ4v) is 3.99. The Bertz CT molecular complexity index is 939. The third kappa shape index (κ3) is 5.55. The number of anilines is 1. The van der Waals surface area contributed by atoms with E-state index in [-0.39, 0.29) is 17.7 Å². The lowest BCUT2D eigenvalue weighted by molar-refractivity contribution is -0.113. The van der Waals surface area contributed by atoms with Gasteiger partial charge in [0, 0.05) is 10.9 Å². The molecule has 0 aliphatic heterocycles. The molecule has 0 bridgehead atoms. The first-order chi connectivity index (χ1) is 14.0. The van der Waals surface area contributed by atoms with Crippen LogP contribution < -0.4 is 10.1 Å². The molecule has 1 atom stereocenters. The van der Waals surface area contributed by atoms with E-state index in [0.29, 0.717) is 16.2 Å². The number of hydrogen-bond acceptors (Lipinski definition) is 9. The summed E-state index contributed by atoms with van der Waals surface area (Å²) in [6.45, 7) is 2.06. The van der Waals surface area contributed by atoms with Gasteiger partial charge in [-0.05, 0) is 44.8 Å². The van der Waals surface area contributed by atoms with Crippen LogP contribution in [0.25, 0.3) is 11.3 Å². The van der Waals surface area contributed by atoms with Gasteiger partial charge in [-0.1, -0.05) is 18.7 Å². The van der Waals surface area contributed by atoms with Crippen molar-refractivity contribution in [2.45, 2.75) is 24.6 Å². The SMILES string of the molecule is CCC(c1nnc(SCC(=O)Nc2nc(-c3ccc(OC)cc3)cs2)o1)N(C)C. The van der Waals surface area contributed by atoms with Gasteiger partial charge in [0.15, 0.2) is 5.13 Å². The van der Waals surface area contributed by atoms with Gasteiger partial charge >= 0.3 is 0 Å². The molecule has 2 aromatic heterocycles. The number of hydrogen-bond donors (Lipinski definition) is 1. The molecule has 10 heteroatoms. The largest absolute Gasteiger partial charge is 0.497 e. The second-order valence-corrected chi connectivity index (χ2v) is 8.18. The van der Waals surface area contributed by atoms with Gasteiger partial charge in [0.2, 0.25) is 11.8 Å². The second kappa shape index (κ2) is 9.86. The number of nitrogens with one attached hydrogen (secondary N) is 1. The zero-order chi connectivity index (χ0) is 20.8. The van der Waals surface area contributed by atoms with Crippen molar-refractivity contribution in [2.24, 2.45) is 0 Å². The molecule has 0 saturated heterocycles. The van der Waals surface area contributed by atoms with Crippen molar-refractivity contribution in [1.82, 2.24) is 20.1 Å². The summed E-state index contributed by atoms with van der Waals surface area (Å²) in [6.07, 6.45) is 0.861. The summed E-state index contributed by atoms with van der Waals surface area (Å²) in [6, 6.07) is 7.68. The van der Waals surface area contributed by atoms with Crippen LogP contribution in [0.2, 0.25) is 0 Å². The predicted molar refractivity (Wildman–Crippen MR) is 114 cm³/mol. The molecule has 0 spiro atoms. The first-order valence-electron chi connectivity index (χ1n) is 9.02. The van der Waals surface area contributed by atoms with E-state index >= 15 is 0 Å². The maximum absolute atomic E-state index is 12.2. The van der Waals surface area contributed by atoms with Crippen LogP contribution in [-0.4, -0.2) is 52.9 Å². The molecule has 2 heterocycles. The highest BCUT2D eigenvalue weighted by atomic mass is 32.2. The molecule has 3 aromatic rings. The predicted octanol–water partition coefficient (Wildman–Crippen LogP) is 3.95. The van der Waals surface area contributed by atoms with Crippen molar-refractivity contribution in [3.63, 3.8) is 0 Å². The van der Waals surface area contributed by atoms with Crippen molar-refractivity contribution in [2.75, 3.05) is 32.3 Å². The van der Waals surface area contributed by atoms with Crippen LogP contribution in [0.15, 0.2) is 39.3 Å². The standard InChI is InChI=1S/C19H23N5O3S2/c1-5-15(24(2)3)17-22-23-19(27-17)29-11-16(25)21-18-20-14(10-28-18)12-6-8-13(26-4)9-7-12/h6-10,15H,5,11H2,1-4H3,(H,20,21,25). The van der Waals surface area contributed by atoms with Crippen LogP contribution in [0, 0.1) is 0 Å². The van der Waals surface area contributed by atoms with Crippen molar-refractivity contribution in [3.05, 3.63) is 35.5 Å². The van der Waals surface area contributed by atoms with E-state index in [4.69, 9.17) is 9.15 Å². The molecule has 8 nitrogen and oxygen atoms in total. The minimum Gasteiger partial charge on any atom is -0.497 e. The number of aromatic nitrogens is 3. The molecule has 1 amide bonds. The van der Waals surface area contributed by atoms with E-state index in [9.17, 15) is 4.79 Å². The van der Waals surface area contributed by atoms with Crippen molar-refractivity contribution in [3.8, 4) is 17.0 Å². The highest BCUT2D eigenvalue weighted by Crippen LogP contribution is 2.27. The number of amides is 1. The van der Waals surface area contributed by atoms with Crippen LogP contribution in [0.3, 0.4) is 0 Å². The molecule has 1 aromatic carbocycles. The Labute approximate surface area is 177 Å². The van der Waals surface area contributed by atoms with Gasteiger partial charge in [0.05, 0.1) is 24.6 Å². The summed E-state index contributed by atoms with van der Waals surface area (Å²) in [5.74, 6) is 1.33. The van der Waals surface area contributed by atoms with Gasteiger partial charge in [-0.3, -0.25) is 9.69 Å². The van der Waals surface area contributed by atoms with E-state index in [0.717, 1.165) is 23.4 Å². The lowest BCUT2D eigenvalue weighted by atomic mass is 10.2. The number of carbonyl (C=O) groups excluding carboxylic acids is 1. The molecular weight excluding hydrogens is 410 g/mol. The van der Waals surface area contributed by atoms with Crippen LogP contribution in [0.4, 0.5) is 5.13 Å². The minimum atomic E-state index is -0.176. The third-order valence-electron chi connectivity index (χ3n) is 4.18. The number of ether oxygens (including phenoxy) is 1. The maximum Gasteiger partial charge on any atom is 0.277 e. The molecular formula is C19H23N5O3S2. The number of nitrogens with zero attached hydrogens (tertiary/aromatic N) is 4. The molecule has 0 fully saturated rings. The maximum atomic E-state index is 12.2. The molecule has 154 valence electrons. The van der Waals surface area contributed by atoms with Gasteiger partial charge in [-0.15, -0.1) is 21.5 Å². The van der Waals surface area contributed by atoms with Crippen molar-refractivity contribution < 1.29 is 13.9 Å². The van der Waals surface area contributed by atoms with Crippen LogP contribution in [-0.2, 0) is 4.79 Å². The Balaban J connectivity index is 1.54. The molecule has 1 unspecified atom stereocenters. The van der Waals surface area contributed by atoms with Gasteiger partial charge in [0.25, 0.3) is 5.22 Å². The van der Waals surface area contributed by atoms with Gasteiger partial charge in [-0.2, -0.15) is 0 Å². The summed E-state index contributed by atoms with van der Waals surface area (Å²) >= 11 is 2.59. The summed E-state index contributed by atoms with van der Waals surface area (Å²) in [4.78, 5) is 18.7. The van der Waals surface area contributed by atoms with Crippen molar-refractivity contribution in [1.29, 1.82) is 0 Å². The Kier molecular flexibility index (Phi) is 7.24. The van der Waals surface area contributed by atoms with Crippen LogP contribution >= 0.6 is 23.1 Å². The van der Waals surface area contributed by atoms with Crippen molar-refractivity contribution >= 4 is 34.1 Å². The van der Waals surface area contributed by atoms with Crippen LogP contribution in [0.1, 0.15) is 25.3 Å². The molecule has 1 N–H and O–H groups in total. The monoisotopic (exact) mass is 433 g/mol. The van der Waals surface area contributed by atoms with E-state index < -0.39 is 0 Å². The molecule has 0 aliphatic carbocycles. The smallest absolute Gasteiger partial charge is 0.277 e. The highest BCUT2D eigenvalue weighted by Gasteiger charge is 2.19. The lowest BCUT2D eigenvalue weighted by Crippen LogP contribution is -2.19. The highest BCUT2D eigenvalue weighted by molar-refractivity contribution is 7.99. The number of thiazole rings is 1. The Morgan fingerprint density at radius 3 is 2.72 bits per heavy atom. The van der Waals surface area contributed by atoms with E-state index in [1.807, 2.05) is 48.6 Å². The zero-order valence-electron chi connectivity index (χ0n) is 16.7. The van der Waals surface area contributed by atoms with E-state index in [1.165, 1.54) is 23.1 Å². The Hall–Kier alpha value is -2.43. The van der Waals surface area contributed by atoms with E-state index in [1.54, 1.807) is 7.11 Å².